The Balaban J connectivity index is 1.78. The number of ether oxygens (including phenoxy) is 1. The number of carbonyl (C=O) groups excluding carboxylic acids is 1. The molecule has 0 spiro atoms. The Morgan fingerprint density at radius 1 is 1.42 bits per heavy atom. The lowest BCUT2D eigenvalue weighted by Crippen LogP contribution is -2.45. The van der Waals surface area contributed by atoms with E-state index in [1.54, 1.807) is 4.68 Å². The number of morpholine rings is 1. The van der Waals surface area contributed by atoms with Gasteiger partial charge in [-0.2, -0.15) is 5.10 Å². The Bertz CT molecular complexity index is 794. The van der Waals surface area contributed by atoms with Crippen molar-refractivity contribution < 1.29 is 9.53 Å². The molecule has 0 N–H and O–H groups in total. The molecule has 24 heavy (non-hydrogen) atoms. The molecular formula is C18H24N4O2. The number of hydrogen-bond acceptors (Lipinski definition) is 4. The maximum absolute atomic E-state index is 13.2. The first-order valence-electron chi connectivity index (χ1n) is 8.83. The SMILES string of the molecule is CC[C@@H]1CN(C(=O)c2cc(C3CC3)nc3c2c(C)nn3C)CCO1. The van der Waals surface area contributed by atoms with Crippen LogP contribution in [0.2, 0.25) is 0 Å². The van der Waals surface area contributed by atoms with E-state index in [-0.39, 0.29) is 12.0 Å². The highest BCUT2D eigenvalue weighted by Gasteiger charge is 2.31. The van der Waals surface area contributed by atoms with Crippen LogP contribution in [0.3, 0.4) is 0 Å². The van der Waals surface area contributed by atoms with Crippen LogP contribution in [0.5, 0.6) is 0 Å². The second-order valence-electron chi connectivity index (χ2n) is 6.93. The predicted octanol–water partition coefficient (Wildman–Crippen LogP) is 2.41. The molecule has 1 saturated carbocycles. The van der Waals surface area contributed by atoms with Crippen LogP contribution in [0, 0.1) is 6.92 Å². The van der Waals surface area contributed by atoms with Crippen molar-refractivity contribution in [2.45, 2.75) is 45.1 Å². The van der Waals surface area contributed by atoms with E-state index in [0.717, 1.165) is 34.4 Å². The minimum atomic E-state index is 0.0853. The number of fused-ring (bicyclic) bond motifs is 1. The van der Waals surface area contributed by atoms with E-state index in [4.69, 9.17) is 9.72 Å². The van der Waals surface area contributed by atoms with Crippen molar-refractivity contribution in [3.8, 4) is 0 Å². The molecule has 1 aliphatic heterocycles. The third-order valence-corrected chi connectivity index (χ3v) is 5.10. The molecule has 0 bridgehead atoms. The maximum atomic E-state index is 13.2. The minimum absolute atomic E-state index is 0.0853. The van der Waals surface area contributed by atoms with Crippen LogP contribution in [0.1, 0.15) is 53.8 Å². The fraction of sp³-hybridized carbons (Fsp3) is 0.611. The van der Waals surface area contributed by atoms with Crippen molar-refractivity contribution in [1.82, 2.24) is 19.7 Å². The molecule has 2 aromatic rings. The quantitative estimate of drug-likeness (QED) is 0.868. The van der Waals surface area contributed by atoms with Crippen LogP contribution in [0.15, 0.2) is 6.07 Å². The second-order valence-corrected chi connectivity index (χ2v) is 6.93. The molecular weight excluding hydrogens is 304 g/mol. The summed E-state index contributed by atoms with van der Waals surface area (Å²) >= 11 is 0. The Labute approximate surface area is 141 Å². The number of amides is 1. The van der Waals surface area contributed by atoms with E-state index < -0.39 is 0 Å². The highest BCUT2D eigenvalue weighted by molar-refractivity contribution is 6.06. The molecule has 1 aliphatic carbocycles. The highest BCUT2D eigenvalue weighted by atomic mass is 16.5. The summed E-state index contributed by atoms with van der Waals surface area (Å²) < 4.78 is 7.50. The minimum Gasteiger partial charge on any atom is -0.375 e. The van der Waals surface area contributed by atoms with Crippen molar-refractivity contribution in [3.05, 3.63) is 23.0 Å². The van der Waals surface area contributed by atoms with E-state index >= 15 is 0 Å². The summed E-state index contributed by atoms with van der Waals surface area (Å²) in [6, 6.07) is 2.01. The highest BCUT2D eigenvalue weighted by Crippen LogP contribution is 2.40. The summed E-state index contributed by atoms with van der Waals surface area (Å²) in [5, 5.41) is 5.38. The number of nitrogens with zero attached hydrogens (tertiary/aromatic N) is 4. The Morgan fingerprint density at radius 3 is 2.92 bits per heavy atom. The summed E-state index contributed by atoms with van der Waals surface area (Å²) in [4.78, 5) is 19.9. The Kier molecular flexibility index (Phi) is 3.79. The van der Waals surface area contributed by atoms with Crippen LogP contribution in [0.25, 0.3) is 11.0 Å². The van der Waals surface area contributed by atoms with E-state index in [1.807, 2.05) is 24.9 Å². The molecule has 128 valence electrons. The molecule has 0 aromatic carbocycles. The summed E-state index contributed by atoms with van der Waals surface area (Å²) in [6.07, 6.45) is 3.39. The molecule has 1 amide bonds. The lowest BCUT2D eigenvalue weighted by molar-refractivity contribution is -0.0225. The number of aromatic nitrogens is 3. The van der Waals surface area contributed by atoms with Gasteiger partial charge in [0.25, 0.3) is 5.91 Å². The van der Waals surface area contributed by atoms with Gasteiger partial charge in [0.1, 0.15) is 0 Å². The van der Waals surface area contributed by atoms with E-state index in [1.165, 1.54) is 12.8 Å². The maximum Gasteiger partial charge on any atom is 0.254 e. The van der Waals surface area contributed by atoms with E-state index in [2.05, 4.69) is 12.0 Å². The van der Waals surface area contributed by atoms with Crippen LogP contribution in [0.4, 0.5) is 0 Å². The molecule has 2 aliphatic rings. The summed E-state index contributed by atoms with van der Waals surface area (Å²) in [6.45, 7) is 5.97. The topological polar surface area (TPSA) is 60.2 Å². The molecule has 2 aromatic heterocycles. The van der Waals surface area contributed by atoms with Gasteiger partial charge in [-0.3, -0.25) is 9.48 Å². The Morgan fingerprint density at radius 2 is 2.21 bits per heavy atom. The van der Waals surface area contributed by atoms with Gasteiger partial charge in [-0.15, -0.1) is 0 Å². The van der Waals surface area contributed by atoms with Gasteiger partial charge in [-0.05, 0) is 32.3 Å². The van der Waals surface area contributed by atoms with Crippen LogP contribution >= 0.6 is 0 Å². The third kappa shape index (κ3) is 2.59. The van der Waals surface area contributed by atoms with Crippen molar-refractivity contribution in [1.29, 1.82) is 0 Å². The smallest absolute Gasteiger partial charge is 0.254 e. The first kappa shape index (κ1) is 15.6. The normalized spacial score (nSPS) is 21.5. The second kappa shape index (κ2) is 5.84. The number of carbonyl (C=O) groups is 1. The molecule has 2 fully saturated rings. The molecule has 1 atom stereocenters. The van der Waals surface area contributed by atoms with E-state index in [0.29, 0.717) is 25.6 Å². The average Bonchev–Trinajstić information content (AvgIpc) is 3.41. The van der Waals surface area contributed by atoms with Gasteiger partial charge in [-0.1, -0.05) is 6.92 Å². The largest absolute Gasteiger partial charge is 0.375 e. The fourth-order valence-electron chi connectivity index (χ4n) is 3.54. The van der Waals surface area contributed by atoms with Crippen LogP contribution in [-0.4, -0.2) is 51.4 Å². The van der Waals surface area contributed by atoms with E-state index in [9.17, 15) is 4.79 Å². The number of aryl methyl sites for hydroxylation is 2. The summed E-state index contributed by atoms with van der Waals surface area (Å²) in [5.41, 5.74) is 3.48. The zero-order valence-electron chi connectivity index (χ0n) is 14.6. The number of rotatable bonds is 3. The monoisotopic (exact) mass is 328 g/mol. The van der Waals surface area contributed by atoms with Crippen LogP contribution in [-0.2, 0) is 11.8 Å². The van der Waals surface area contributed by atoms with Gasteiger partial charge in [0.15, 0.2) is 5.65 Å². The van der Waals surface area contributed by atoms with Gasteiger partial charge in [-0.25, -0.2) is 4.98 Å². The van der Waals surface area contributed by atoms with Gasteiger partial charge in [0, 0.05) is 31.7 Å². The van der Waals surface area contributed by atoms with Crippen molar-refractivity contribution in [3.63, 3.8) is 0 Å². The third-order valence-electron chi connectivity index (χ3n) is 5.10. The molecule has 6 nitrogen and oxygen atoms in total. The van der Waals surface area contributed by atoms with Gasteiger partial charge < -0.3 is 9.64 Å². The molecule has 1 saturated heterocycles. The first-order chi connectivity index (χ1) is 11.6. The lowest BCUT2D eigenvalue weighted by atomic mass is 10.1. The molecule has 6 heteroatoms. The van der Waals surface area contributed by atoms with Gasteiger partial charge in [0.2, 0.25) is 0 Å². The van der Waals surface area contributed by atoms with Crippen molar-refractivity contribution in [2.24, 2.45) is 7.05 Å². The number of pyridine rings is 1. The fourth-order valence-corrected chi connectivity index (χ4v) is 3.54. The lowest BCUT2D eigenvalue weighted by Gasteiger charge is -2.32. The molecule has 3 heterocycles. The van der Waals surface area contributed by atoms with Crippen molar-refractivity contribution >= 4 is 16.9 Å². The Hall–Kier alpha value is -1.95. The summed E-state index contributed by atoms with van der Waals surface area (Å²) in [5.74, 6) is 0.589. The van der Waals surface area contributed by atoms with Gasteiger partial charge >= 0.3 is 0 Å². The standard InChI is InChI=1S/C18H24N4O2/c1-4-13-10-22(7-8-24-13)18(23)14-9-15(12-5-6-12)19-17-16(14)11(2)20-21(17)3/h9,12-13H,4-8,10H2,1-3H3/t13-/m1/s1. The molecule has 0 radical (unpaired) electrons. The van der Waals surface area contributed by atoms with Crippen LogP contribution < -0.4 is 0 Å². The summed E-state index contributed by atoms with van der Waals surface area (Å²) in [7, 11) is 1.90. The molecule has 0 unspecified atom stereocenters. The van der Waals surface area contributed by atoms with Gasteiger partial charge in [0.05, 0.1) is 29.4 Å². The zero-order chi connectivity index (χ0) is 16.8. The number of hydrogen-bond donors (Lipinski definition) is 0. The average molecular weight is 328 g/mol. The zero-order valence-corrected chi connectivity index (χ0v) is 14.6. The van der Waals surface area contributed by atoms with Crippen molar-refractivity contribution in [2.75, 3.05) is 19.7 Å². The first-order valence-corrected chi connectivity index (χ1v) is 8.83. The predicted molar refractivity (Wildman–Crippen MR) is 91.2 cm³/mol. The molecule has 4 rings (SSSR count).